The number of amides is 1. The van der Waals surface area contributed by atoms with E-state index in [1.54, 1.807) is 30.3 Å². The van der Waals surface area contributed by atoms with E-state index in [1.807, 2.05) is 12.1 Å². The van der Waals surface area contributed by atoms with Gasteiger partial charge in [-0.3, -0.25) is 9.78 Å². The van der Waals surface area contributed by atoms with Crippen molar-refractivity contribution in [2.24, 2.45) is 0 Å². The standard InChI is InChI=1S/C17H16N2O4/c1-22-14-5-3-2-4-12(14)16(20)18-9-8-11-6-7-13-15(10-11)23-17(21)19-13/h2-7,10H,8-9H2,1H3,(H,18,20)(H,19,21). The summed E-state index contributed by atoms with van der Waals surface area (Å²) in [6.45, 7) is 0.469. The largest absolute Gasteiger partial charge is 0.496 e. The molecule has 1 heterocycles. The molecule has 118 valence electrons. The summed E-state index contributed by atoms with van der Waals surface area (Å²) in [6.07, 6.45) is 0.631. The molecule has 0 aliphatic heterocycles. The zero-order valence-corrected chi connectivity index (χ0v) is 12.6. The molecule has 0 aliphatic carbocycles. The number of hydrogen-bond donors (Lipinski definition) is 2. The highest BCUT2D eigenvalue weighted by atomic mass is 16.5. The second-order valence-corrected chi connectivity index (χ2v) is 5.05. The normalized spacial score (nSPS) is 10.7. The molecule has 3 rings (SSSR count). The summed E-state index contributed by atoms with van der Waals surface area (Å²) in [5, 5.41) is 2.86. The predicted molar refractivity (Wildman–Crippen MR) is 85.9 cm³/mol. The number of H-pyrrole nitrogens is 1. The molecule has 0 fully saturated rings. The topological polar surface area (TPSA) is 84.3 Å². The second kappa shape index (κ2) is 6.39. The van der Waals surface area contributed by atoms with Crippen LogP contribution in [-0.2, 0) is 6.42 Å². The van der Waals surface area contributed by atoms with Crippen LogP contribution in [0.25, 0.3) is 11.1 Å². The molecular weight excluding hydrogens is 296 g/mol. The number of rotatable bonds is 5. The van der Waals surface area contributed by atoms with Gasteiger partial charge in [-0.1, -0.05) is 18.2 Å². The van der Waals surface area contributed by atoms with Crippen molar-refractivity contribution in [1.29, 1.82) is 0 Å². The molecule has 0 spiro atoms. The number of carbonyl (C=O) groups is 1. The maximum Gasteiger partial charge on any atom is 0.417 e. The molecule has 23 heavy (non-hydrogen) atoms. The van der Waals surface area contributed by atoms with E-state index in [4.69, 9.17) is 9.15 Å². The van der Waals surface area contributed by atoms with Crippen LogP contribution in [0.3, 0.4) is 0 Å². The highest BCUT2D eigenvalue weighted by Crippen LogP contribution is 2.17. The van der Waals surface area contributed by atoms with Gasteiger partial charge in [-0.25, -0.2) is 4.79 Å². The molecule has 3 aromatic rings. The van der Waals surface area contributed by atoms with E-state index in [-0.39, 0.29) is 5.91 Å². The molecule has 0 bridgehead atoms. The molecule has 0 saturated heterocycles. The van der Waals surface area contributed by atoms with E-state index < -0.39 is 5.76 Å². The Morgan fingerprint density at radius 2 is 2.09 bits per heavy atom. The smallest absolute Gasteiger partial charge is 0.417 e. The van der Waals surface area contributed by atoms with Crippen molar-refractivity contribution < 1.29 is 13.9 Å². The number of aromatic amines is 1. The molecule has 2 N–H and O–H groups in total. The Hall–Kier alpha value is -3.02. The lowest BCUT2D eigenvalue weighted by atomic mass is 10.1. The number of hydrogen-bond acceptors (Lipinski definition) is 4. The third-order valence-corrected chi connectivity index (χ3v) is 3.54. The monoisotopic (exact) mass is 312 g/mol. The lowest BCUT2D eigenvalue weighted by Gasteiger charge is -2.09. The Morgan fingerprint density at radius 3 is 2.91 bits per heavy atom. The molecule has 6 heteroatoms. The third kappa shape index (κ3) is 3.26. The van der Waals surface area contributed by atoms with E-state index in [1.165, 1.54) is 7.11 Å². The van der Waals surface area contributed by atoms with E-state index >= 15 is 0 Å². The van der Waals surface area contributed by atoms with Gasteiger partial charge >= 0.3 is 5.76 Å². The van der Waals surface area contributed by atoms with Crippen LogP contribution in [0.15, 0.2) is 51.7 Å². The highest BCUT2D eigenvalue weighted by Gasteiger charge is 2.10. The molecular formula is C17H16N2O4. The molecule has 2 aromatic carbocycles. The van der Waals surface area contributed by atoms with Gasteiger partial charge < -0.3 is 14.5 Å². The summed E-state index contributed by atoms with van der Waals surface area (Å²) in [6, 6.07) is 12.5. The fraction of sp³-hybridized carbons (Fsp3) is 0.176. The third-order valence-electron chi connectivity index (χ3n) is 3.54. The van der Waals surface area contributed by atoms with E-state index in [0.29, 0.717) is 35.4 Å². The summed E-state index contributed by atoms with van der Waals surface area (Å²) < 4.78 is 10.2. The van der Waals surface area contributed by atoms with Crippen LogP contribution in [0.2, 0.25) is 0 Å². The number of aromatic nitrogens is 1. The van der Waals surface area contributed by atoms with Crippen LogP contribution in [-0.4, -0.2) is 24.5 Å². The number of carbonyl (C=O) groups excluding carboxylic acids is 1. The number of nitrogens with one attached hydrogen (secondary N) is 2. The van der Waals surface area contributed by atoms with Crippen molar-refractivity contribution in [3.05, 3.63) is 64.1 Å². The fourth-order valence-electron chi connectivity index (χ4n) is 2.39. The maximum atomic E-state index is 12.2. The Bertz CT molecular complexity index is 895. The lowest BCUT2D eigenvalue weighted by molar-refractivity contribution is 0.0951. The van der Waals surface area contributed by atoms with Crippen LogP contribution in [0.1, 0.15) is 15.9 Å². The Morgan fingerprint density at radius 1 is 1.26 bits per heavy atom. The Balaban J connectivity index is 1.63. The second-order valence-electron chi connectivity index (χ2n) is 5.05. The first-order chi connectivity index (χ1) is 11.2. The van der Waals surface area contributed by atoms with Crippen LogP contribution < -0.4 is 15.8 Å². The Kier molecular flexibility index (Phi) is 4.14. The van der Waals surface area contributed by atoms with Gasteiger partial charge in [0.15, 0.2) is 5.58 Å². The van der Waals surface area contributed by atoms with Crippen LogP contribution in [0.4, 0.5) is 0 Å². The van der Waals surface area contributed by atoms with E-state index in [2.05, 4.69) is 10.3 Å². The molecule has 1 aromatic heterocycles. The maximum absolute atomic E-state index is 12.2. The summed E-state index contributed by atoms with van der Waals surface area (Å²) in [4.78, 5) is 25.9. The van der Waals surface area contributed by atoms with Crippen molar-refractivity contribution in [2.75, 3.05) is 13.7 Å². The molecule has 0 saturated carbocycles. The molecule has 0 unspecified atom stereocenters. The van der Waals surface area contributed by atoms with Gasteiger partial charge in [-0.15, -0.1) is 0 Å². The van der Waals surface area contributed by atoms with Gasteiger partial charge in [-0.2, -0.15) is 0 Å². The minimum Gasteiger partial charge on any atom is -0.496 e. The highest BCUT2D eigenvalue weighted by molar-refractivity contribution is 5.96. The predicted octanol–water partition coefficient (Wildman–Crippen LogP) is 2.10. The van der Waals surface area contributed by atoms with Gasteiger partial charge in [0.1, 0.15) is 5.75 Å². The van der Waals surface area contributed by atoms with Crippen molar-refractivity contribution in [2.45, 2.75) is 6.42 Å². The molecule has 0 aliphatic rings. The van der Waals surface area contributed by atoms with Gasteiger partial charge in [0.2, 0.25) is 0 Å². The first-order valence-corrected chi connectivity index (χ1v) is 7.20. The molecule has 1 amide bonds. The summed E-state index contributed by atoms with van der Waals surface area (Å²) in [7, 11) is 1.53. The minimum atomic E-state index is -0.471. The number of para-hydroxylation sites is 1. The van der Waals surface area contributed by atoms with Crippen molar-refractivity contribution in [3.8, 4) is 5.75 Å². The zero-order chi connectivity index (χ0) is 16.2. The Labute approximate surface area is 132 Å². The molecule has 0 atom stereocenters. The quantitative estimate of drug-likeness (QED) is 0.755. The van der Waals surface area contributed by atoms with Crippen molar-refractivity contribution >= 4 is 17.0 Å². The van der Waals surface area contributed by atoms with E-state index in [0.717, 1.165) is 5.56 Å². The van der Waals surface area contributed by atoms with Crippen LogP contribution >= 0.6 is 0 Å². The number of methoxy groups -OCH3 is 1. The van der Waals surface area contributed by atoms with Gasteiger partial charge in [0.25, 0.3) is 5.91 Å². The average molecular weight is 312 g/mol. The summed E-state index contributed by atoms with van der Waals surface area (Å²) >= 11 is 0. The number of ether oxygens (including phenoxy) is 1. The lowest BCUT2D eigenvalue weighted by Crippen LogP contribution is -2.26. The minimum absolute atomic E-state index is 0.184. The number of oxazole rings is 1. The SMILES string of the molecule is COc1ccccc1C(=O)NCCc1ccc2[nH]c(=O)oc2c1. The summed E-state index contributed by atoms with van der Waals surface area (Å²) in [5.41, 5.74) is 2.66. The first kappa shape index (κ1) is 14.9. The number of fused-ring (bicyclic) bond motifs is 1. The van der Waals surface area contributed by atoms with Crippen LogP contribution in [0.5, 0.6) is 5.75 Å². The first-order valence-electron chi connectivity index (χ1n) is 7.20. The van der Waals surface area contributed by atoms with E-state index in [9.17, 15) is 9.59 Å². The fourth-order valence-corrected chi connectivity index (χ4v) is 2.39. The van der Waals surface area contributed by atoms with Gasteiger partial charge in [0, 0.05) is 6.54 Å². The molecule has 6 nitrogen and oxygen atoms in total. The average Bonchev–Trinajstić information content (AvgIpc) is 2.94. The van der Waals surface area contributed by atoms with Gasteiger partial charge in [0.05, 0.1) is 18.2 Å². The van der Waals surface area contributed by atoms with Crippen LogP contribution in [0, 0.1) is 0 Å². The molecule has 0 radical (unpaired) electrons. The number of benzene rings is 2. The van der Waals surface area contributed by atoms with Gasteiger partial charge in [-0.05, 0) is 36.2 Å². The van der Waals surface area contributed by atoms with Crippen molar-refractivity contribution in [3.63, 3.8) is 0 Å². The summed E-state index contributed by atoms with van der Waals surface area (Å²) in [5.74, 6) is -0.112. The zero-order valence-electron chi connectivity index (χ0n) is 12.6. The van der Waals surface area contributed by atoms with Crippen molar-refractivity contribution in [1.82, 2.24) is 10.3 Å².